The van der Waals surface area contributed by atoms with Crippen molar-refractivity contribution >= 4 is 46.4 Å². The molecule has 37 heavy (non-hydrogen) atoms. The number of halogens is 5. The smallest absolute Gasteiger partial charge is 0.269 e. The summed E-state index contributed by atoms with van der Waals surface area (Å²) < 4.78 is 23.9. The van der Waals surface area contributed by atoms with Gasteiger partial charge in [-0.3, -0.25) is 4.79 Å². The van der Waals surface area contributed by atoms with Crippen LogP contribution in [0, 0.1) is 5.82 Å². The molecule has 0 aliphatic carbocycles. The lowest BCUT2D eigenvalue weighted by molar-refractivity contribution is -0.705. The van der Waals surface area contributed by atoms with E-state index in [1.54, 1.807) is 48.3 Å². The summed E-state index contributed by atoms with van der Waals surface area (Å²) in [6.07, 6.45) is 5.03. The van der Waals surface area contributed by atoms with E-state index in [0.29, 0.717) is 28.2 Å². The number of imidazole rings is 1. The van der Waals surface area contributed by atoms with Crippen LogP contribution in [0.5, 0.6) is 0 Å². The fraction of sp³-hybridized carbons (Fsp3) is 0.185. The van der Waals surface area contributed by atoms with Gasteiger partial charge in [-0.05, 0) is 48.9 Å². The fourth-order valence-corrected chi connectivity index (χ4v) is 4.31. The standard InChI is InChI=1S/C27H23Cl3FN3O2.ClH/c1-18(27(35)32-25-5-3-2-4-24(25)31)34-13-12-33(17-34)15-26(22-11-10-21(29)14-23(22)30)36-16-19-6-8-20(28)9-7-19;/h2-14,17-18,26H,15-16H2,1H3;1H. The molecule has 0 aliphatic rings. The number of hydrogen-bond acceptors (Lipinski definition) is 2. The number of aromatic nitrogens is 2. The van der Waals surface area contributed by atoms with Crippen LogP contribution < -0.4 is 22.3 Å². The summed E-state index contributed by atoms with van der Waals surface area (Å²) in [5.74, 6) is -0.819. The van der Waals surface area contributed by atoms with E-state index < -0.39 is 18.0 Å². The van der Waals surface area contributed by atoms with Gasteiger partial charge in [0.2, 0.25) is 6.33 Å². The van der Waals surface area contributed by atoms with E-state index >= 15 is 0 Å². The van der Waals surface area contributed by atoms with Crippen LogP contribution in [0.25, 0.3) is 0 Å². The number of amides is 1. The van der Waals surface area contributed by atoms with E-state index in [2.05, 4.69) is 5.32 Å². The highest BCUT2D eigenvalue weighted by atomic mass is 35.5. The minimum atomic E-state index is -0.571. The summed E-state index contributed by atoms with van der Waals surface area (Å²) >= 11 is 18.6. The Balaban J connectivity index is 0.00000380. The molecule has 10 heteroatoms. The quantitative estimate of drug-likeness (QED) is 0.303. The highest BCUT2D eigenvalue weighted by Crippen LogP contribution is 2.30. The number of benzene rings is 3. The lowest BCUT2D eigenvalue weighted by Gasteiger charge is -2.18. The average molecular weight is 583 g/mol. The highest BCUT2D eigenvalue weighted by Gasteiger charge is 2.24. The van der Waals surface area contributed by atoms with Gasteiger partial charge in [-0.15, -0.1) is 0 Å². The normalized spacial score (nSPS) is 12.5. The van der Waals surface area contributed by atoms with Crippen LogP contribution in [0.2, 0.25) is 15.1 Å². The molecular weight excluding hydrogens is 559 g/mol. The van der Waals surface area contributed by atoms with Gasteiger partial charge in [0.05, 0.1) is 12.3 Å². The Bertz CT molecular complexity index is 1350. The summed E-state index contributed by atoms with van der Waals surface area (Å²) in [4.78, 5) is 12.7. The number of rotatable bonds is 9. The van der Waals surface area contributed by atoms with Crippen LogP contribution in [0.4, 0.5) is 10.1 Å². The molecule has 1 heterocycles. The Morgan fingerprint density at radius 2 is 1.76 bits per heavy atom. The Kier molecular flexibility index (Phi) is 10.4. The number of carbonyl (C=O) groups excluding carboxylic acids is 1. The highest BCUT2D eigenvalue weighted by molar-refractivity contribution is 6.35. The van der Waals surface area contributed by atoms with Crippen molar-refractivity contribution in [3.63, 3.8) is 0 Å². The van der Waals surface area contributed by atoms with Crippen molar-refractivity contribution in [2.75, 3.05) is 5.32 Å². The molecule has 0 saturated carbocycles. The number of ether oxygens (including phenoxy) is 1. The van der Waals surface area contributed by atoms with Crippen LogP contribution >= 0.6 is 34.8 Å². The van der Waals surface area contributed by atoms with Crippen LogP contribution in [0.1, 0.15) is 30.2 Å². The molecule has 194 valence electrons. The Hall–Kier alpha value is -2.61. The predicted molar refractivity (Wildman–Crippen MR) is 140 cm³/mol. The first-order valence-electron chi connectivity index (χ1n) is 11.2. The third kappa shape index (κ3) is 7.69. The van der Waals surface area contributed by atoms with Crippen molar-refractivity contribution in [2.24, 2.45) is 0 Å². The van der Waals surface area contributed by atoms with Gasteiger partial charge in [-0.25, -0.2) is 13.5 Å². The topological polar surface area (TPSA) is 47.1 Å². The van der Waals surface area contributed by atoms with E-state index in [1.165, 1.54) is 12.1 Å². The molecule has 0 bridgehead atoms. The van der Waals surface area contributed by atoms with E-state index in [9.17, 15) is 9.18 Å². The van der Waals surface area contributed by atoms with E-state index in [-0.39, 0.29) is 24.0 Å². The summed E-state index contributed by atoms with van der Waals surface area (Å²) in [6.45, 7) is 2.53. The largest absolute Gasteiger partial charge is 1.00 e. The van der Waals surface area contributed by atoms with Gasteiger partial charge in [0.25, 0.3) is 5.91 Å². The monoisotopic (exact) mass is 581 g/mol. The summed E-state index contributed by atoms with van der Waals surface area (Å²) in [7, 11) is 0. The third-order valence-corrected chi connectivity index (χ3v) is 6.54. The zero-order valence-electron chi connectivity index (χ0n) is 19.8. The molecule has 5 nitrogen and oxygen atoms in total. The third-order valence-electron chi connectivity index (χ3n) is 5.72. The molecule has 1 N–H and O–H groups in total. The van der Waals surface area contributed by atoms with Crippen molar-refractivity contribution in [1.29, 1.82) is 0 Å². The molecule has 0 spiro atoms. The number of carbonyl (C=O) groups is 1. The van der Waals surface area contributed by atoms with E-state index in [4.69, 9.17) is 39.5 Å². The van der Waals surface area contributed by atoms with E-state index in [0.717, 1.165) is 11.1 Å². The molecule has 1 aromatic heterocycles. The second-order valence-electron chi connectivity index (χ2n) is 8.29. The Labute approximate surface area is 236 Å². The van der Waals surface area contributed by atoms with Gasteiger partial charge in [0.15, 0.2) is 6.04 Å². The molecule has 4 aromatic rings. The number of nitrogens with zero attached hydrogens (tertiary/aromatic N) is 2. The molecule has 1 amide bonds. The van der Waals surface area contributed by atoms with Gasteiger partial charge >= 0.3 is 0 Å². The second-order valence-corrected chi connectivity index (χ2v) is 9.57. The zero-order valence-corrected chi connectivity index (χ0v) is 22.8. The van der Waals surface area contributed by atoms with Crippen molar-refractivity contribution in [3.8, 4) is 0 Å². The summed E-state index contributed by atoms with van der Waals surface area (Å²) in [5.41, 5.74) is 1.90. The predicted octanol–water partition coefficient (Wildman–Crippen LogP) is 4.04. The average Bonchev–Trinajstić information content (AvgIpc) is 3.32. The lowest BCUT2D eigenvalue weighted by Crippen LogP contribution is -3.00. The summed E-state index contributed by atoms with van der Waals surface area (Å²) in [6, 6.07) is 18.2. The second kappa shape index (κ2) is 13.3. The SMILES string of the molecule is CC(C(=O)Nc1ccccc1F)n1cc[n+](CC(OCc2ccc(Cl)cc2)c2ccc(Cl)cc2Cl)c1.[Cl-]. The minimum absolute atomic E-state index is 0. The molecule has 4 rings (SSSR count). The van der Waals surface area contributed by atoms with Crippen LogP contribution in [0.15, 0.2) is 85.5 Å². The van der Waals surface area contributed by atoms with Gasteiger partial charge in [0.1, 0.15) is 30.9 Å². The maximum Gasteiger partial charge on any atom is 0.269 e. The van der Waals surface area contributed by atoms with Crippen LogP contribution in [0.3, 0.4) is 0 Å². The maximum absolute atomic E-state index is 13.9. The lowest BCUT2D eigenvalue weighted by atomic mass is 10.1. The minimum Gasteiger partial charge on any atom is -1.00 e. The van der Waals surface area contributed by atoms with Gasteiger partial charge < -0.3 is 22.5 Å². The Morgan fingerprint density at radius 1 is 1.05 bits per heavy atom. The van der Waals surface area contributed by atoms with Crippen molar-refractivity contribution in [1.82, 2.24) is 4.57 Å². The van der Waals surface area contributed by atoms with E-state index in [1.807, 2.05) is 41.1 Å². The van der Waals surface area contributed by atoms with Crippen molar-refractivity contribution in [3.05, 3.63) is 117 Å². The molecule has 0 radical (unpaired) electrons. The molecule has 2 atom stereocenters. The number of nitrogens with one attached hydrogen (secondary N) is 1. The van der Waals surface area contributed by atoms with Crippen molar-refractivity contribution < 1.29 is 30.9 Å². The number of para-hydroxylation sites is 1. The number of anilines is 1. The van der Waals surface area contributed by atoms with Gasteiger partial charge in [-0.1, -0.05) is 65.1 Å². The molecule has 3 aromatic carbocycles. The molecule has 2 unspecified atom stereocenters. The van der Waals surface area contributed by atoms with Gasteiger partial charge in [-0.2, -0.15) is 0 Å². The van der Waals surface area contributed by atoms with Crippen LogP contribution in [-0.4, -0.2) is 10.5 Å². The van der Waals surface area contributed by atoms with Crippen LogP contribution in [-0.2, 0) is 22.7 Å². The first kappa shape index (κ1) is 29.0. The first-order valence-corrected chi connectivity index (χ1v) is 12.4. The Morgan fingerprint density at radius 3 is 2.46 bits per heavy atom. The number of hydrogen-bond donors (Lipinski definition) is 1. The summed E-state index contributed by atoms with van der Waals surface area (Å²) in [5, 5.41) is 4.32. The maximum atomic E-state index is 13.9. The first-order chi connectivity index (χ1) is 17.3. The molecular formula is C27H24Cl4FN3O2. The molecule has 0 aliphatic heterocycles. The van der Waals surface area contributed by atoms with Crippen molar-refractivity contribution in [2.45, 2.75) is 32.2 Å². The van der Waals surface area contributed by atoms with Gasteiger partial charge in [0, 0.05) is 20.6 Å². The zero-order chi connectivity index (χ0) is 25.7. The molecule has 0 saturated heterocycles. The fourth-order valence-electron chi connectivity index (χ4n) is 3.66. The molecule has 0 fully saturated rings.